The van der Waals surface area contributed by atoms with Gasteiger partial charge in [0.15, 0.2) is 5.16 Å². The number of nitrogens with one attached hydrogen (secondary N) is 1. The third-order valence-corrected chi connectivity index (χ3v) is 6.50. The van der Waals surface area contributed by atoms with Crippen LogP contribution in [0.4, 0.5) is 5.82 Å². The molecule has 0 radical (unpaired) electrons. The monoisotopic (exact) mass is 465 g/mol. The SMILES string of the molecule is C#CCOc1ccc([C@@H]2CC(=O)Nc3c2c(=O)nc(SCc2cccc(Cl)c2)n3C)cc1. The second-order valence-electron chi connectivity index (χ2n) is 7.31. The molecule has 2 aromatic carbocycles. The highest BCUT2D eigenvalue weighted by Crippen LogP contribution is 2.36. The quantitative estimate of drug-likeness (QED) is 0.335. The van der Waals surface area contributed by atoms with Crippen LogP contribution in [0.1, 0.15) is 29.0 Å². The minimum absolute atomic E-state index is 0.151. The lowest BCUT2D eigenvalue weighted by molar-refractivity contribution is -0.116. The fourth-order valence-electron chi connectivity index (χ4n) is 3.65. The van der Waals surface area contributed by atoms with E-state index < -0.39 is 5.92 Å². The van der Waals surface area contributed by atoms with Gasteiger partial charge in [-0.1, -0.05) is 53.5 Å². The third kappa shape index (κ3) is 4.67. The number of nitrogens with zero attached hydrogens (tertiary/aromatic N) is 2. The van der Waals surface area contributed by atoms with Gasteiger partial charge in [0.1, 0.15) is 18.2 Å². The number of ether oxygens (including phenoxy) is 1. The minimum atomic E-state index is -0.390. The van der Waals surface area contributed by atoms with E-state index in [2.05, 4.69) is 16.2 Å². The molecule has 1 aliphatic heterocycles. The van der Waals surface area contributed by atoms with Crippen LogP contribution in [0.3, 0.4) is 0 Å². The van der Waals surface area contributed by atoms with Crippen LogP contribution >= 0.6 is 23.4 Å². The van der Waals surface area contributed by atoms with Gasteiger partial charge in [-0.25, -0.2) is 0 Å². The van der Waals surface area contributed by atoms with Crippen LogP contribution in [0.2, 0.25) is 5.02 Å². The van der Waals surface area contributed by atoms with Crippen molar-refractivity contribution in [2.24, 2.45) is 7.05 Å². The maximum Gasteiger partial charge on any atom is 0.279 e. The van der Waals surface area contributed by atoms with Gasteiger partial charge in [0, 0.05) is 30.2 Å². The first-order valence-electron chi connectivity index (χ1n) is 9.90. The van der Waals surface area contributed by atoms with Gasteiger partial charge < -0.3 is 14.6 Å². The molecule has 0 saturated carbocycles. The molecule has 32 heavy (non-hydrogen) atoms. The number of aromatic nitrogens is 2. The summed E-state index contributed by atoms with van der Waals surface area (Å²) in [6.45, 7) is 0.175. The Morgan fingerprint density at radius 1 is 1.28 bits per heavy atom. The van der Waals surface area contributed by atoms with E-state index in [4.69, 9.17) is 22.8 Å². The number of carbonyl (C=O) groups excluding carboxylic acids is 1. The fourth-order valence-corrected chi connectivity index (χ4v) is 4.77. The van der Waals surface area contributed by atoms with Crippen molar-refractivity contribution in [3.63, 3.8) is 0 Å². The zero-order valence-electron chi connectivity index (χ0n) is 17.3. The zero-order valence-corrected chi connectivity index (χ0v) is 18.9. The number of anilines is 1. The van der Waals surface area contributed by atoms with Crippen LogP contribution in [0.5, 0.6) is 5.75 Å². The molecule has 0 saturated heterocycles. The van der Waals surface area contributed by atoms with Crippen molar-refractivity contribution >= 4 is 35.1 Å². The summed E-state index contributed by atoms with van der Waals surface area (Å²) in [6.07, 6.45) is 5.39. The number of fused-ring (bicyclic) bond motifs is 1. The predicted molar refractivity (Wildman–Crippen MR) is 126 cm³/mol. The first-order valence-corrected chi connectivity index (χ1v) is 11.3. The van der Waals surface area contributed by atoms with E-state index in [0.29, 0.717) is 33.1 Å². The number of rotatable bonds is 6. The second-order valence-corrected chi connectivity index (χ2v) is 8.69. The number of thioether (sulfide) groups is 1. The molecule has 6 nitrogen and oxygen atoms in total. The van der Waals surface area contributed by atoms with Crippen LogP contribution in [0.15, 0.2) is 58.5 Å². The van der Waals surface area contributed by atoms with E-state index in [9.17, 15) is 9.59 Å². The van der Waals surface area contributed by atoms with Gasteiger partial charge in [-0.05, 0) is 35.4 Å². The number of hydrogen-bond acceptors (Lipinski definition) is 5. The lowest BCUT2D eigenvalue weighted by Crippen LogP contribution is -2.33. The largest absolute Gasteiger partial charge is 0.481 e. The molecule has 4 rings (SSSR count). The molecule has 2 heterocycles. The summed E-state index contributed by atoms with van der Waals surface area (Å²) in [7, 11) is 1.80. The summed E-state index contributed by atoms with van der Waals surface area (Å²) < 4.78 is 7.18. The van der Waals surface area contributed by atoms with Crippen molar-refractivity contribution in [3.05, 3.63) is 80.6 Å². The molecule has 0 spiro atoms. The Hall–Kier alpha value is -3.21. The molecular weight excluding hydrogens is 446 g/mol. The number of hydrogen-bond donors (Lipinski definition) is 1. The normalized spacial score (nSPS) is 14.9. The smallest absolute Gasteiger partial charge is 0.279 e. The Bertz CT molecular complexity index is 1260. The van der Waals surface area contributed by atoms with Crippen LogP contribution < -0.4 is 15.6 Å². The highest BCUT2D eigenvalue weighted by molar-refractivity contribution is 7.98. The summed E-state index contributed by atoms with van der Waals surface area (Å²) in [6, 6.07) is 14.8. The van der Waals surface area contributed by atoms with Gasteiger partial charge >= 0.3 is 0 Å². The average molecular weight is 466 g/mol. The molecule has 1 N–H and O–H groups in total. The van der Waals surface area contributed by atoms with E-state index in [1.807, 2.05) is 36.4 Å². The maximum absolute atomic E-state index is 13.0. The topological polar surface area (TPSA) is 73.2 Å². The number of benzene rings is 2. The Morgan fingerprint density at radius 2 is 2.06 bits per heavy atom. The second kappa shape index (κ2) is 9.51. The Morgan fingerprint density at radius 3 is 2.78 bits per heavy atom. The van der Waals surface area contributed by atoms with Crippen LogP contribution in [-0.2, 0) is 17.6 Å². The standard InChI is InChI=1S/C24H20ClN3O3S/c1-3-11-31-18-9-7-16(8-10-18)19-13-20(29)26-22-21(19)23(30)27-24(28(22)2)32-14-15-5-4-6-17(25)12-15/h1,4-10,12,19H,11,13-14H2,2H3,(H,26,29)/t19-/m0/s1. The molecular formula is C24H20ClN3O3S. The lowest BCUT2D eigenvalue weighted by Gasteiger charge is -2.27. The van der Waals surface area contributed by atoms with Gasteiger partial charge in [-0.2, -0.15) is 4.98 Å². The van der Waals surface area contributed by atoms with E-state index in [1.54, 1.807) is 23.7 Å². The number of terminal acetylenes is 1. The van der Waals surface area contributed by atoms with Crippen molar-refractivity contribution in [2.45, 2.75) is 23.2 Å². The first kappa shape index (κ1) is 22.0. The summed E-state index contributed by atoms with van der Waals surface area (Å²) in [5.41, 5.74) is 2.00. The number of halogens is 1. The lowest BCUT2D eigenvalue weighted by atomic mass is 9.87. The summed E-state index contributed by atoms with van der Waals surface area (Å²) in [5, 5.41) is 4.03. The van der Waals surface area contributed by atoms with Crippen molar-refractivity contribution < 1.29 is 9.53 Å². The molecule has 162 valence electrons. The molecule has 1 aliphatic rings. The van der Waals surface area contributed by atoms with Crippen molar-refractivity contribution in [2.75, 3.05) is 11.9 Å². The van der Waals surface area contributed by atoms with Crippen molar-refractivity contribution in [3.8, 4) is 18.1 Å². The molecule has 3 aromatic rings. The van der Waals surface area contributed by atoms with Gasteiger partial charge in [0.25, 0.3) is 5.56 Å². The highest BCUT2D eigenvalue weighted by Gasteiger charge is 2.32. The molecule has 0 fully saturated rings. The molecule has 1 amide bonds. The average Bonchev–Trinajstić information content (AvgIpc) is 2.79. The summed E-state index contributed by atoms with van der Waals surface area (Å²) in [4.78, 5) is 29.9. The van der Waals surface area contributed by atoms with E-state index in [-0.39, 0.29) is 24.5 Å². The summed E-state index contributed by atoms with van der Waals surface area (Å²) in [5.74, 6) is 3.58. The van der Waals surface area contributed by atoms with E-state index in [1.165, 1.54) is 11.8 Å². The molecule has 1 aromatic heterocycles. The number of amides is 1. The molecule has 0 aliphatic carbocycles. The Labute approximate surface area is 195 Å². The van der Waals surface area contributed by atoms with Gasteiger partial charge in [0.2, 0.25) is 5.91 Å². The first-order chi connectivity index (χ1) is 15.5. The maximum atomic E-state index is 13.0. The molecule has 8 heteroatoms. The van der Waals surface area contributed by atoms with Crippen LogP contribution in [0, 0.1) is 12.3 Å². The fraction of sp³-hybridized carbons (Fsp3) is 0.208. The predicted octanol–water partition coefficient (Wildman–Crippen LogP) is 4.21. The highest BCUT2D eigenvalue weighted by atomic mass is 35.5. The summed E-state index contributed by atoms with van der Waals surface area (Å²) >= 11 is 7.47. The van der Waals surface area contributed by atoms with E-state index >= 15 is 0 Å². The molecule has 0 unspecified atom stereocenters. The van der Waals surface area contributed by atoms with Gasteiger partial charge in [-0.15, -0.1) is 6.42 Å². The molecule has 1 atom stereocenters. The van der Waals surface area contributed by atoms with E-state index in [0.717, 1.165) is 11.1 Å². The molecule has 0 bridgehead atoms. The number of carbonyl (C=O) groups is 1. The third-order valence-electron chi connectivity index (χ3n) is 5.16. The zero-order chi connectivity index (χ0) is 22.7. The van der Waals surface area contributed by atoms with Crippen molar-refractivity contribution in [1.29, 1.82) is 0 Å². The Kier molecular flexibility index (Phi) is 6.54. The van der Waals surface area contributed by atoms with Crippen LogP contribution in [0.25, 0.3) is 0 Å². The van der Waals surface area contributed by atoms with Gasteiger partial charge in [0.05, 0.1) is 5.56 Å². The Balaban J connectivity index is 1.65. The van der Waals surface area contributed by atoms with Crippen molar-refractivity contribution in [1.82, 2.24) is 9.55 Å². The van der Waals surface area contributed by atoms with Gasteiger partial charge in [-0.3, -0.25) is 9.59 Å². The van der Waals surface area contributed by atoms with Crippen LogP contribution in [-0.4, -0.2) is 22.1 Å². The minimum Gasteiger partial charge on any atom is -0.481 e.